The van der Waals surface area contributed by atoms with Gasteiger partial charge in [0, 0.05) is 11.8 Å². The van der Waals surface area contributed by atoms with Crippen molar-refractivity contribution in [3.8, 4) is 0 Å². The van der Waals surface area contributed by atoms with E-state index in [0.717, 1.165) is 52.4 Å². The summed E-state index contributed by atoms with van der Waals surface area (Å²) in [7, 11) is 0. The molecule has 0 atom stereocenters. The summed E-state index contributed by atoms with van der Waals surface area (Å²) in [5.74, 6) is 0.827. The lowest BCUT2D eigenvalue weighted by atomic mass is 10.0. The van der Waals surface area contributed by atoms with Crippen molar-refractivity contribution in [3.05, 3.63) is 63.1 Å². The second-order valence-corrected chi connectivity index (χ2v) is 8.47. The lowest BCUT2D eigenvalue weighted by Crippen LogP contribution is -2.14. The highest BCUT2D eigenvalue weighted by molar-refractivity contribution is 7.17. The highest BCUT2D eigenvalue weighted by Gasteiger charge is 2.26. The van der Waals surface area contributed by atoms with E-state index in [1.54, 1.807) is 23.5 Å². The number of carbonyl (C=O) groups is 1. The van der Waals surface area contributed by atoms with Crippen LogP contribution in [0.5, 0.6) is 0 Å². The van der Waals surface area contributed by atoms with Crippen LogP contribution in [0.2, 0.25) is 0 Å². The Morgan fingerprint density at radius 3 is 2.90 bits per heavy atom. The van der Waals surface area contributed by atoms with Gasteiger partial charge in [-0.3, -0.25) is 4.79 Å². The van der Waals surface area contributed by atoms with Crippen LogP contribution in [0.15, 0.2) is 45.2 Å². The van der Waals surface area contributed by atoms with Gasteiger partial charge >= 0.3 is 5.63 Å². The first kappa shape index (κ1) is 18.0. The van der Waals surface area contributed by atoms with Gasteiger partial charge in [0.1, 0.15) is 23.3 Å². The summed E-state index contributed by atoms with van der Waals surface area (Å²) >= 11 is 1.56. The number of hydrogen-bond acceptors (Lipinski definition) is 7. The molecule has 0 saturated heterocycles. The maximum Gasteiger partial charge on any atom is 0.347 e. The Labute approximate surface area is 170 Å². The average molecular weight is 405 g/mol. The molecule has 1 aliphatic rings. The van der Waals surface area contributed by atoms with Crippen molar-refractivity contribution in [1.82, 2.24) is 9.97 Å². The zero-order valence-electron chi connectivity index (χ0n) is 15.7. The van der Waals surface area contributed by atoms with E-state index in [2.05, 4.69) is 15.3 Å². The molecule has 3 aromatic heterocycles. The Morgan fingerprint density at radius 1 is 1.21 bits per heavy atom. The third kappa shape index (κ3) is 3.53. The summed E-state index contributed by atoms with van der Waals surface area (Å²) < 4.78 is 6.30. The normalized spacial score (nSPS) is 13.9. The molecule has 7 heteroatoms. The van der Waals surface area contributed by atoms with Gasteiger partial charge in [-0.1, -0.05) is 6.07 Å². The summed E-state index contributed by atoms with van der Waals surface area (Å²) in [6.45, 7) is 0. The number of aryl methyl sites for hydroxylation is 2. The van der Waals surface area contributed by atoms with E-state index in [0.29, 0.717) is 23.7 Å². The van der Waals surface area contributed by atoms with Crippen LogP contribution >= 0.6 is 11.3 Å². The number of Topliss-reactive ketones (excluding diaryl/α,β-unsaturated/α-hetero) is 1. The topological polar surface area (TPSA) is 99.1 Å². The molecule has 2 N–H and O–H groups in total. The number of ketones is 1. The first-order chi connectivity index (χ1) is 14.1. The predicted molar refractivity (Wildman–Crippen MR) is 113 cm³/mol. The molecule has 146 valence electrons. The van der Waals surface area contributed by atoms with Gasteiger partial charge in [-0.05, 0) is 66.3 Å². The molecule has 29 heavy (non-hydrogen) atoms. The molecule has 0 aliphatic heterocycles. The van der Waals surface area contributed by atoms with Crippen LogP contribution in [-0.2, 0) is 12.8 Å². The molecule has 0 radical (unpaired) electrons. The van der Waals surface area contributed by atoms with Crippen molar-refractivity contribution < 1.29 is 9.21 Å². The fourth-order valence-corrected chi connectivity index (χ4v) is 4.55. The van der Waals surface area contributed by atoms with Crippen LogP contribution in [0.3, 0.4) is 0 Å². The number of anilines is 1. The van der Waals surface area contributed by atoms with Crippen LogP contribution in [0.1, 0.15) is 40.7 Å². The van der Waals surface area contributed by atoms with Crippen LogP contribution in [0.25, 0.3) is 21.2 Å². The molecule has 4 aromatic rings. The molecular weight excluding hydrogens is 386 g/mol. The van der Waals surface area contributed by atoms with E-state index >= 15 is 0 Å². The van der Waals surface area contributed by atoms with Crippen molar-refractivity contribution in [2.24, 2.45) is 5.92 Å². The van der Waals surface area contributed by atoms with E-state index in [-0.39, 0.29) is 11.3 Å². The summed E-state index contributed by atoms with van der Waals surface area (Å²) in [5.41, 5.74) is 9.19. The number of aromatic nitrogens is 2. The van der Waals surface area contributed by atoms with Crippen molar-refractivity contribution in [2.75, 3.05) is 5.73 Å². The van der Waals surface area contributed by atoms with Crippen molar-refractivity contribution in [1.29, 1.82) is 0 Å². The van der Waals surface area contributed by atoms with Gasteiger partial charge in [0.2, 0.25) is 0 Å². The Hall–Kier alpha value is -3.06. The highest BCUT2D eigenvalue weighted by atomic mass is 32.1. The molecule has 1 aliphatic carbocycles. The Balaban J connectivity index is 1.41. The third-order valence-electron chi connectivity index (χ3n) is 5.41. The Morgan fingerprint density at radius 2 is 2.07 bits per heavy atom. The molecule has 6 nitrogen and oxygen atoms in total. The second-order valence-electron chi connectivity index (χ2n) is 7.59. The predicted octanol–water partition coefficient (Wildman–Crippen LogP) is 4.15. The summed E-state index contributed by atoms with van der Waals surface area (Å²) in [6.07, 6.45) is 5.69. The second kappa shape index (κ2) is 7.08. The number of thiophene rings is 1. The fraction of sp³-hybridized carbons (Fsp3) is 0.273. The number of nitrogens with two attached hydrogens (primary N) is 1. The molecular formula is C22H19N3O3S. The molecule has 1 aromatic carbocycles. The number of benzene rings is 1. The minimum absolute atomic E-state index is 0.115. The van der Waals surface area contributed by atoms with Gasteiger partial charge < -0.3 is 10.2 Å². The van der Waals surface area contributed by atoms with Crippen molar-refractivity contribution >= 4 is 44.1 Å². The van der Waals surface area contributed by atoms with Crippen LogP contribution in [0.4, 0.5) is 5.82 Å². The van der Waals surface area contributed by atoms with E-state index in [1.165, 1.54) is 6.33 Å². The molecule has 0 amide bonds. The maximum absolute atomic E-state index is 12.4. The molecule has 0 spiro atoms. The quantitative estimate of drug-likeness (QED) is 0.382. The van der Waals surface area contributed by atoms with Crippen molar-refractivity contribution in [3.63, 3.8) is 0 Å². The van der Waals surface area contributed by atoms with Crippen LogP contribution in [-0.4, -0.2) is 15.8 Å². The number of nitrogen functional groups attached to an aromatic ring is 1. The standard InChI is InChI=1S/C22H19N3O3S/c23-21-20-19(24-11-25-21)14(10-29-20)5-3-12-4-6-18-15(7-12)9-16(22(27)28-18)17(26)8-13-1-2-13/h4,6-7,9-11,13H,1-3,5,8H2,(H2,23,24,25). The fourth-order valence-electron chi connectivity index (χ4n) is 3.59. The Kier molecular flexibility index (Phi) is 4.39. The molecule has 1 saturated carbocycles. The van der Waals surface area contributed by atoms with Gasteiger partial charge in [0.25, 0.3) is 0 Å². The van der Waals surface area contributed by atoms with Gasteiger partial charge in [0.05, 0.1) is 10.2 Å². The van der Waals surface area contributed by atoms with Gasteiger partial charge in [-0.2, -0.15) is 0 Å². The smallest absolute Gasteiger partial charge is 0.347 e. The van der Waals surface area contributed by atoms with Crippen LogP contribution < -0.4 is 11.4 Å². The zero-order valence-corrected chi connectivity index (χ0v) is 16.5. The molecule has 1 fully saturated rings. The summed E-state index contributed by atoms with van der Waals surface area (Å²) in [4.78, 5) is 33.0. The monoisotopic (exact) mass is 405 g/mol. The Bertz CT molecular complexity index is 1300. The van der Waals surface area contributed by atoms with Crippen molar-refractivity contribution in [2.45, 2.75) is 32.1 Å². The number of nitrogens with zero attached hydrogens (tertiary/aromatic N) is 2. The molecule has 3 heterocycles. The lowest BCUT2D eigenvalue weighted by Gasteiger charge is -2.05. The molecule has 0 bridgehead atoms. The lowest BCUT2D eigenvalue weighted by molar-refractivity contribution is 0.0972. The number of rotatable bonds is 6. The number of carbonyl (C=O) groups excluding carboxylic acids is 1. The number of fused-ring (bicyclic) bond motifs is 2. The summed E-state index contributed by atoms with van der Waals surface area (Å²) in [5, 5.41) is 2.85. The highest BCUT2D eigenvalue weighted by Crippen LogP contribution is 2.33. The van der Waals surface area contributed by atoms with E-state index < -0.39 is 5.63 Å². The minimum atomic E-state index is -0.544. The van der Waals surface area contributed by atoms with Gasteiger partial charge in [0.15, 0.2) is 5.78 Å². The average Bonchev–Trinajstić information content (AvgIpc) is 3.42. The molecule has 0 unspecified atom stereocenters. The summed E-state index contributed by atoms with van der Waals surface area (Å²) in [6, 6.07) is 7.43. The maximum atomic E-state index is 12.4. The van der Waals surface area contributed by atoms with E-state index in [1.807, 2.05) is 12.1 Å². The SMILES string of the molecule is Nc1ncnc2c(CCc3ccc4oc(=O)c(C(=O)CC5CC5)cc4c3)csc12. The van der Waals surface area contributed by atoms with Gasteiger partial charge in [-0.15, -0.1) is 11.3 Å². The van der Waals surface area contributed by atoms with Gasteiger partial charge in [-0.25, -0.2) is 14.8 Å². The first-order valence-corrected chi connectivity index (χ1v) is 10.5. The zero-order chi connectivity index (χ0) is 20.0. The molecule has 5 rings (SSSR count). The minimum Gasteiger partial charge on any atom is -0.422 e. The van der Waals surface area contributed by atoms with E-state index in [4.69, 9.17) is 10.2 Å². The number of hydrogen-bond donors (Lipinski definition) is 1. The van der Waals surface area contributed by atoms with Crippen LogP contribution in [0, 0.1) is 5.92 Å². The largest absolute Gasteiger partial charge is 0.422 e. The third-order valence-corrected chi connectivity index (χ3v) is 6.45. The first-order valence-electron chi connectivity index (χ1n) is 9.65. The van der Waals surface area contributed by atoms with E-state index in [9.17, 15) is 9.59 Å².